The number of rotatable bonds is 5. The molecule has 0 aromatic carbocycles. The maximum atomic E-state index is 11.7. The minimum absolute atomic E-state index is 0.115. The van der Waals surface area contributed by atoms with Crippen molar-refractivity contribution < 1.29 is 38.3 Å². The van der Waals surface area contributed by atoms with Crippen molar-refractivity contribution in [2.75, 3.05) is 26.4 Å². The Morgan fingerprint density at radius 3 is 2.55 bits per heavy atom. The zero-order chi connectivity index (χ0) is 14.8. The second-order valence-electron chi connectivity index (χ2n) is 4.96. The van der Waals surface area contributed by atoms with Crippen LogP contribution >= 0.6 is 0 Å². The number of nitrogens with zero attached hydrogens (tertiary/aromatic N) is 1. The number of carboxylic acids is 1. The van der Waals surface area contributed by atoms with E-state index < -0.39 is 35.8 Å². The van der Waals surface area contributed by atoms with Gasteiger partial charge in [0.05, 0.1) is 19.8 Å². The predicted octanol–water partition coefficient (Wildman–Crippen LogP) is -1.17. The van der Waals surface area contributed by atoms with Crippen LogP contribution in [0.1, 0.15) is 19.8 Å². The molecule has 2 rings (SSSR count). The number of unbranched alkanes of at least 4 members (excludes halogenated alkanes) is 1. The van der Waals surface area contributed by atoms with E-state index in [4.69, 9.17) is 14.0 Å². The summed E-state index contributed by atoms with van der Waals surface area (Å²) in [6, 6.07) is -1.20. The number of ether oxygens (including phenoxy) is 1. The molecule has 0 saturated carbocycles. The standard InChI is InChI=1S/C11H18BNO7/c1-2-3-4-13(11(16)17)8(9(14)15)7-18-10(13)12-19-5-6-20-12/h8,10H,2-7H2,1H3,(H-,14,15,16,17). The van der Waals surface area contributed by atoms with Gasteiger partial charge >= 0.3 is 13.1 Å². The van der Waals surface area contributed by atoms with Gasteiger partial charge in [0, 0.05) is 0 Å². The Hall–Kier alpha value is -1.16. The van der Waals surface area contributed by atoms with E-state index in [2.05, 4.69) is 0 Å². The maximum Gasteiger partial charge on any atom is 0.558 e. The summed E-state index contributed by atoms with van der Waals surface area (Å²) in [5.41, 5.74) is 0. The van der Waals surface area contributed by atoms with Gasteiger partial charge in [0.1, 0.15) is 6.61 Å². The summed E-state index contributed by atoms with van der Waals surface area (Å²) in [6.07, 6.45) is -1.19. The van der Waals surface area contributed by atoms with Crippen molar-refractivity contribution in [2.45, 2.75) is 31.9 Å². The van der Waals surface area contributed by atoms with Gasteiger partial charge in [-0.3, -0.25) is 0 Å². The minimum atomic E-state index is -1.47. The van der Waals surface area contributed by atoms with Gasteiger partial charge in [-0.1, -0.05) is 13.3 Å². The Balaban J connectivity index is 2.33. The highest BCUT2D eigenvalue weighted by molar-refractivity contribution is 6.46. The summed E-state index contributed by atoms with van der Waals surface area (Å²) >= 11 is 0. The first-order valence-corrected chi connectivity index (χ1v) is 6.70. The Morgan fingerprint density at radius 1 is 1.40 bits per heavy atom. The highest BCUT2D eigenvalue weighted by atomic mass is 16.7. The Labute approximate surface area is 116 Å². The molecule has 1 amide bonds. The molecule has 2 heterocycles. The molecule has 0 aliphatic carbocycles. The number of carboxylic acid groups (broad SMARTS) is 2. The van der Waals surface area contributed by atoms with E-state index in [1.54, 1.807) is 0 Å². The average Bonchev–Trinajstić information content (AvgIpc) is 3.03. The first-order valence-electron chi connectivity index (χ1n) is 6.70. The van der Waals surface area contributed by atoms with Crippen LogP contribution in [0.3, 0.4) is 0 Å². The van der Waals surface area contributed by atoms with Crippen molar-refractivity contribution >= 4 is 19.2 Å². The van der Waals surface area contributed by atoms with Gasteiger partial charge in [0.2, 0.25) is 12.2 Å². The van der Waals surface area contributed by atoms with Gasteiger partial charge in [-0.25, -0.2) is 9.28 Å². The quantitative estimate of drug-likeness (QED) is 0.501. The normalized spacial score (nSPS) is 33.5. The zero-order valence-electron chi connectivity index (χ0n) is 11.3. The molecular weight excluding hydrogens is 269 g/mol. The molecule has 0 aromatic rings. The Kier molecular flexibility index (Phi) is 4.64. The summed E-state index contributed by atoms with van der Waals surface area (Å²) in [7, 11) is -0.867. The van der Waals surface area contributed by atoms with Crippen LogP contribution in [0.2, 0.25) is 0 Å². The third kappa shape index (κ3) is 2.42. The summed E-state index contributed by atoms with van der Waals surface area (Å²) in [4.78, 5) is 23.1. The van der Waals surface area contributed by atoms with Crippen LogP contribution in [0.4, 0.5) is 4.79 Å². The number of quaternary nitrogens is 1. The van der Waals surface area contributed by atoms with E-state index in [0.29, 0.717) is 19.6 Å². The summed E-state index contributed by atoms with van der Waals surface area (Å²) in [5, 5.41) is 21.0. The highest BCUT2D eigenvalue weighted by Gasteiger charge is 2.62. The summed E-state index contributed by atoms with van der Waals surface area (Å²) < 4.78 is 15.2. The van der Waals surface area contributed by atoms with Crippen LogP contribution in [0, 0.1) is 0 Å². The number of carbonyl (C=O) groups excluding carboxylic acids is 1. The lowest BCUT2D eigenvalue weighted by Gasteiger charge is -2.40. The highest BCUT2D eigenvalue weighted by Crippen LogP contribution is 2.32. The van der Waals surface area contributed by atoms with Gasteiger partial charge < -0.3 is 29.1 Å². The van der Waals surface area contributed by atoms with Gasteiger partial charge in [0.25, 0.3) is 6.09 Å². The molecular formula is C11H18BNO7. The SMILES string of the molecule is CCCC[N+]1(C(=O)[O-])C(B2OCCO2)OCC1C(=O)O. The van der Waals surface area contributed by atoms with E-state index in [1.165, 1.54) is 0 Å². The molecule has 2 fully saturated rings. The predicted molar refractivity (Wildman–Crippen MR) is 64.3 cm³/mol. The van der Waals surface area contributed by atoms with Crippen molar-refractivity contribution in [3.8, 4) is 0 Å². The molecule has 3 atom stereocenters. The van der Waals surface area contributed by atoms with Crippen LogP contribution in [0.25, 0.3) is 0 Å². The van der Waals surface area contributed by atoms with E-state index in [1.807, 2.05) is 6.92 Å². The van der Waals surface area contributed by atoms with Crippen LogP contribution in [-0.2, 0) is 18.8 Å². The van der Waals surface area contributed by atoms with E-state index in [0.717, 1.165) is 6.42 Å². The van der Waals surface area contributed by atoms with Crippen molar-refractivity contribution in [2.24, 2.45) is 0 Å². The van der Waals surface area contributed by atoms with E-state index in [-0.39, 0.29) is 13.2 Å². The van der Waals surface area contributed by atoms with Crippen LogP contribution < -0.4 is 5.11 Å². The number of aliphatic carboxylic acids is 1. The number of hydrogen-bond acceptors (Lipinski definition) is 6. The second-order valence-corrected chi connectivity index (χ2v) is 4.96. The molecule has 0 aromatic heterocycles. The van der Waals surface area contributed by atoms with Crippen molar-refractivity contribution in [1.29, 1.82) is 0 Å². The molecule has 3 unspecified atom stereocenters. The first-order chi connectivity index (χ1) is 9.54. The third-order valence-corrected chi connectivity index (χ3v) is 3.82. The molecule has 0 spiro atoms. The van der Waals surface area contributed by atoms with Gasteiger partial charge in [0.15, 0.2) is 0 Å². The molecule has 2 aliphatic rings. The lowest BCUT2D eigenvalue weighted by Crippen LogP contribution is -2.71. The van der Waals surface area contributed by atoms with E-state index >= 15 is 0 Å². The van der Waals surface area contributed by atoms with Crippen LogP contribution in [0.5, 0.6) is 0 Å². The molecule has 2 saturated heterocycles. The topological polar surface area (TPSA) is 105 Å². The molecule has 0 bridgehead atoms. The monoisotopic (exact) mass is 287 g/mol. The summed E-state index contributed by atoms with van der Waals surface area (Å²) in [6.45, 7) is 2.49. The number of hydrogen-bond donors (Lipinski definition) is 1. The maximum absolute atomic E-state index is 11.7. The van der Waals surface area contributed by atoms with Gasteiger partial charge in [-0.15, -0.1) is 0 Å². The molecule has 20 heavy (non-hydrogen) atoms. The minimum Gasteiger partial charge on any atom is -0.498 e. The molecule has 8 nitrogen and oxygen atoms in total. The largest absolute Gasteiger partial charge is 0.558 e. The Bertz CT molecular complexity index is 387. The fourth-order valence-corrected chi connectivity index (χ4v) is 2.76. The number of carbonyl (C=O) groups is 2. The van der Waals surface area contributed by atoms with Crippen molar-refractivity contribution in [3.63, 3.8) is 0 Å². The molecule has 9 heteroatoms. The third-order valence-electron chi connectivity index (χ3n) is 3.82. The fraction of sp³-hybridized carbons (Fsp3) is 0.818. The molecule has 2 aliphatic heterocycles. The van der Waals surface area contributed by atoms with Gasteiger partial charge in [-0.05, 0) is 6.42 Å². The van der Waals surface area contributed by atoms with Crippen molar-refractivity contribution in [1.82, 2.24) is 0 Å². The molecule has 1 N–H and O–H groups in total. The van der Waals surface area contributed by atoms with E-state index in [9.17, 15) is 19.8 Å². The Morgan fingerprint density at radius 2 is 2.05 bits per heavy atom. The van der Waals surface area contributed by atoms with Crippen LogP contribution in [0.15, 0.2) is 0 Å². The summed E-state index contributed by atoms with van der Waals surface area (Å²) in [5.74, 6) is -1.22. The number of amides is 1. The lowest BCUT2D eigenvalue weighted by atomic mass is 9.84. The zero-order valence-corrected chi connectivity index (χ0v) is 11.3. The van der Waals surface area contributed by atoms with Crippen molar-refractivity contribution in [3.05, 3.63) is 0 Å². The average molecular weight is 287 g/mol. The fourth-order valence-electron chi connectivity index (χ4n) is 2.76. The van der Waals surface area contributed by atoms with Crippen LogP contribution in [-0.4, -0.2) is 67.3 Å². The van der Waals surface area contributed by atoms with Gasteiger partial charge in [-0.2, -0.15) is 0 Å². The first kappa shape index (κ1) is 15.2. The molecule has 112 valence electrons. The lowest BCUT2D eigenvalue weighted by molar-refractivity contribution is -0.902. The second kappa shape index (κ2) is 6.09. The molecule has 0 radical (unpaired) electrons. The smallest absolute Gasteiger partial charge is 0.498 e.